The van der Waals surface area contributed by atoms with E-state index in [0.717, 1.165) is 41.6 Å². The monoisotopic (exact) mass is 363 g/mol. The maximum Gasteiger partial charge on any atom is 0.254 e. The fourth-order valence-corrected chi connectivity index (χ4v) is 3.92. The van der Waals surface area contributed by atoms with Crippen LogP contribution < -0.4 is 10.9 Å². The highest BCUT2D eigenvalue weighted by Crippen LogP contribution is 2.27. The lowest BCUT2D eigenvalue weighted by Gasteiger charge is -2.11. The van der Waals surface area contributed by atoms with Crippen LogP contribution in [0.1, 0.15) is 28.8 Å². The second-order valence-corrected chi connectivity index (χ2v) is 7.30. The first-order valence-electron chi connectivity index (χ1n) is 7.75. The third-order valence-electron chi connectivity index (χ3n) is 3.96. The lowest BCUT2D eigenvalue weighted by Crippen LogP contribution is -2.18. The predicted molar refractivity (Wildman–Crippen MR) is 97.2 cm³/mol. The third-order valence-corrected chi connectivity index (χ3v) is 5.13. The number of rotatable bonds is 4. The SMILES string of the molecule is Cc1cc(C)c(NC(=O)CSc2nc3c(c(=O)[nH]2)CCC3)c(Cl)c1. The Kier molecular flexibility index (Phi) is 4.96. The van der Waals surface area contributed by atoms with E-state index in [0.29, 0.717) is 15.9 Å². The van der Waals surface area contributed by atoms with E-state index < -0.39 is 0 Å². The molecule has 0 atom stereocenters. The average Bonchev–Trinajstić information content (AvgIpc) is 2.98. The summed E-state index contributed by atoms with van der Waals surface area (Å²) in [6, 6.07) is 3.78. The number of carbonyl (C=O) groups is 1. The van der Waals surface area contributed by atoms with Crippen molar-refractivity contribution in [1.82, 2.24) is 9.97 Å². The lowest BCUT2D eigenvalue weighted by molar-refractivity contribution is -0.113. The zero-order valence-corrected chi connectivity index (χ0v) is 15.1. The van der Waals surface area contributed by atoms with Crippen LogP contribution in [0.25, 0.3) is 0 Å². The van der Waals surface area contributed by atoms with Crippen molar-refractivity contribution in [1.29, 1.82) is 0 Å². The second kappa shape index (κ2) is 6.99. The van der Waals surface area contributed by atoms with E-state index in [2.05, 4.69) is 15.3 Å². The number of aromatic amines is 1. The van der Waals surface area contributed by atoms with E-state index in [1.54, 1.807) is 0 Å². The van der Waals surface area contributed by atoms with Crippen LogP contribution in [-0.2, 0) is 17.6 Å². The molecule has 1 heterocycles. The highest BCUT2D eigenvalue weighted by atomic mass is 35.5. The Bertz CT molecular complexity index is 840. The largest absolute Gasteiger partial charge is 0.324 e. The van der Waals surface area contributed by atoms with Gasteiger partial charge in [-0.1, -0.05) is 29.4 Å². The van der Waals surface area contributed by atoms with Gasteiger partial charge in [0.25, 0.3) is 5.56 Å². The van der Waals surface area contributed by atoms with E-state index >= 15 is 0 Å². The number of carbonyl (C=O) groups excluding carboxylic acids is 1. The summed E-state index contributed by atoms with van der Waals surface area (Å²) >= 11 is 7.42. The van der Waals surface area contributed by atoms with Crippen molar-refractivity contribution in [2.75, 3.05) is 11.1 Å². The molecule has 3 rings (SSSR count). The quantitative estimate of drug-likeness (QED) is 0.645. The minimum Gasteiger partial charge on any atom is -0.324 e. The first kappa shape index (κ1) is 17.0. The fraction of sp³-hybridized carbons (Fsp3) is 0.353. The summed E-state index contributed by atoms with van der Waals surface area (Å²) in [5.41, 5.74) is 4.15. The molecule has 0 fully saturated rings. The summed E-state index contributed by atoms with van der Waals surface area (Å²) in [5.74, 6) is -0.0252. The Balaban J connectivity index is 1.67. The molecule has 1 aromatic carbocycles. The Labute approximate surface area is 149 Å². The van der Waals surface area contributed by atoms with Gasteiger partial charge in [-0.25, -0.2) is 4.98 Å². The van der Waals surface area contributed by atoms with Crippen LogP contribution in [-0.4, -0.2) is 21.6 Å². The first-order chi connectivity index (χ1) is 11.4. The third kappa shape index (κ3) is 3.65. The van der Waals surface area contributed by atoms with E-state index in [1.807, 2.05) is 26.0 Å². The summed E-state index contributed by atoms with van der Waals surface area (Å²) in [5, 5.41) is 3.84. The number of aryl methyl sites for hydroxylation is 3. The van der Waals surface area contributed by atoms with Crippen molar-refractivity contribution in [3.05, 3.63) is 49.9 Å². The van der Waals surface area contributed by atoms with E-state index in [9.17, 15) is 9.59 Å². The lowest BCUT2D eigenvalue weighted by atomic mass is 10.1. The molecule has 7 heteroatoms. The van der Waals surface area contributed by atoms with Crippen LogP contribution in [0.4, 0.5) is 5.69 Å². The summed E-state index contributed by atoms with van der Waals surface area (Å²) in [7, 11) is 0. The van der Waals surface area contributed by atoms with Gasteiger partial charge in [0, 0.05) is 5.56 Å². The Morgan fingerprint density at radius 2 is 2.17 bits per heavy atom. The average molecular weight is 364 g/mol. The van der Waals surface area contributed by atoms with E-state index in [1.165, 1.54) is 11.8 Å². The second-order valence-electron chi connectivity index (χ2n) is 5.93. The summed E-state index contributed by atoms with van der Waals surface area (Å²) < 4.78 is 0. The van der Waals surface area contributed by atoms with Crippen LogP contribution >= 0.6 is 23.4 Å². The molecule has 5 nitrogen and oxygen atoms in total. The smallest absolute Gasteiger partial charge is 0.254 e. The summed E-state index contributed by atoms with van der Waals surface area (Å²) in [4.78, 5) is 31.3. The Hall–Kier alpha value is -1.79. The van der Waals surface area contributed by atoms with Crippen molar-refractivity contribution in [2.45, 2.75) is 38.3 Å². The number of fused-ring (bicyclic) bond motifs is 1. The minimum absolute atomic E-state index is 0.0853. The van der Waals surface area contributed by atoms with Crippen LogP contribution in [0.3, 0.4) is 0 Å². The van der Waals surface area contributed by atoms with E-state index in [-0.39, 0.29) is 17.2 Å². The zero-order chi connectivity index (χ0) is 17.3. The van der Waals surface area contributed by atoms with Gasteiger partial charge in [0.05, 0.1) is 22.2 Å². The molecule has 0 aliphatic heterocycles. The number of hydrogen-bond donors (Lipinski definition) is 2. The van der Waals surface area contributed by atoms with Gasteiger partial charge >= 0.3 is 0 Å². The molecule has 0 bridgehead atoms. The van der Waals surface area contributed by atoms with Crippen molar-refractivity contribution in [2.24, 2.45) is 0 Å². The summed E-state index contributed by atoms with van der Waals surface area (Å²) in [6.45, 7) is 3.86. The Morgan fingerprint density at radius 3 is 2.92 bits per heavy atom. The minimum atomic E-state index is -0.183. The molecule has 2 N–H and O–H groups in total. The van der Waals surface area contributed by atoms with Gasteiger partial charge in [-0.05, 0) is 50.3 Å². The van der Waals surface area contributed by atoms with Crippen molar-refractivity contribution < 1.29 is 4.79 Å². The normalized spacial score (nSPS) is 13.0. The number of aromatic nitrogens is 2. The first-order valence-corrected chi connectivity index (χ1v) is 9.12. The molecule has 1 amide bonds. The van der Waals surface area contributed by atoms with Gasteiger partial charge in [-0.3, -0.25) is 9.59 Å². The maximum atomic E-state index is 12.2. The molecule has 0 saturated heterocycles. The topological polar surface area (TPSA) is 74.8 Å². The summed E-state index contributed by atoms with van der Waals surface area (Å²) in [6.07, 6.45) is 2.58. The van der Waals surface area contributed by atoms with Crippen molar-refractivity contribution in [3.8, 4) is 0 Å². The van der Waals surface area contributed by atoms with E-state index in [4.69, 9.17) is 11.6 Å². The number of H-pyrrole nitrogens is 1. The highest BCUT2D eigenvalue weighted by molar-refractivity contribution is 7.99. The van der Waals surface area contributed by atoms with Crippen LogP contribution in [0.2, 0.25) is 5.02 Å². The number of anilines is 1. The number of benzene rings is 1. The number of nitrogens with zero attached hydrogens (tertiary/aromatic N) is 1. The molecule has 0 spiro atoms. The molecule has 2 aromatic rings. The molecule has 1 aliphatic carbocycles. The fourth-order valence-electron chi connectivity index (χ4n) is 2.87. The van der Waals surface area contributed by atoms with Crippen LogP contribution in [0.5, 0.6) is 0 Å². The Morgan fingerprint density at radius 1 is 1.38 bits per heavy atom. The number of halogens is 1. The standard InChI is InChI=1S/C17H18ClN3O2S/c1-9-6-10(2)15(12(18)7-9)20-14(22)8-24-17-19-13-5-3-4-11(13)16(23)21-17/h6-7H,3-5,8H2,1-2H3,(H,20,22)(H,19,21,23). The van der Waals surface area contributed by atoms with Gasteiger partial charge in [-0.2, -0.15) is 0 Å². The van der Waals surface area contributed by atoms with Gasteiger partial charge in [0.2, 0.25) is 5.91 Å². The number of amides is 1. The van der Waals surface area contributed by atoms with Gasteiger partial charge in [0.1, 0.15) is 0 Å². The molecule has 1 aromatic heterocycles. The molecular weight excluding hydrogens is 346 g/mol. The van der Waals surface area contributed by atoms with Gasteiger partial charge in [-0.15, -0.1) is 0 Å². The van der Waals surface area contributed by atoms with Crippen molar-refractivity contribution in [3.63, 3.8) is 0 Å². The molecule has 0 radical (unpaired) electrons. The van der Waals surface area contributed by atoms with Crippen molar-refractivity contribution >= 4 is 35.0 Å². The van der Waals surface area contributed by atoms with Crippen LogP contribution in [0.15, 0.2) is 22.1 Å². The molecule has 0 unspecified atom stereocenters. The predicted octanol–water partition coefficient (Wildman–Crippen LogP) is 3.26. The number of nitrogens with one attached hydrogen (secondary N) is 2. The number of hydrogen-bond acceptors (Lipinski definition) is 4. The van der Waals surface area contributed by atoms with Gasteiger partial charge in [0.15, 0.2) is 5.16 Å². The van der Waals surface area contributed by atoms with Crippen LogP contribution in [0, 0.1) is 13.8 Å². The molecule has 24 heavy (non-hydrogen) atoms. The molecule has 1 aliphatic rings. The molecule has 126 valence electrons. The molecular formula is C17H18ClN3O2S. The van der Waals surface area contributed by atoms with Gasteiger partial charge < -0.3 is 10.3 Å². The zero-order valence-electron chi connectivity index (χ0n) is 13.5. The molecule has 0 saturated carbocycles. The maximum absolute atomic E-state index is 12.2. The number of thioether (sulfide) groups is 1. The highest BCUT2D eigenvalue weighted by Gasteiger charge is 2.18.